The van der Waals surface area contributed by atoms with Gasteiger partial charge in [0, 0.05) is 12.3 Å². The van der Waals surface area contributed by atoms with Crippen molar-refractivity contribution in [3.63, 3.8) is 0 Å². The molecule has 1 aromatic rings. The fourth-order valence-electron chi connectivity index (χ4n) is 1.49. The molecule has 1 unspecified atom stereocenters. The molecule has 0 radical (unpaired) electrons. The quantitative estimate of drug-likeness (QED) is 0.887. The molecule has 1 heterocycles. The van der Waals surface area contributed by atoms with Gasteiger partial charge in [-0.05, 0) is 12.5 Å². The monoisotopic (exact) mass is 249 g/mol. The van der Waals surface area contributed by atoms with E-state index < -0.39 is 23.4 Å². The van der Waals surface area contributed by atoms with Crippen LogP contribution in [-0.2, 0) is 12.7 Å². The van der Waals surface area contributed by atoms with Crippen LogP contribution < -0.4 is 5.56 Å². The molecule has 0 fully saturated rings. The van der Waals surface area contributed by atoms with E-state index in [1.807, 2.05) is 6.92 Å². The molecule has 0 aromatic carbocycles. The number of hydrogen-bond acceptors (Lipinski definition) is 2. The standard InChI is InChI=1S/C11H14F3NO2/c1-2-3-9(16)7-15-6-8(11(12,13)14)4-5-10(15)17/h4-6,9,16H,2-3,7H2,1H3. The maximum absolute atomic E-state index is 12.4. The highest BCUT2D eigenvalue weighted by atomic mass is 19.4. The van der Waals surface area contributed by atoms with E-state index >= 15 is 0 Å². The Morgan fingerprint density at radius 2 is 2.06 bits per heavy atom. The van der Waals surface area contributed by atoms with Crippen molar-refractivity contribution in [1.29, 1.82) is 0 Å². The van der Waals surface area contributed by atoms with E-state index in [0.717, 1.165) is 22.9 Å². The van der Waals surface area contributed by atoms with Crippen molar-refractivity contribution >= 4 is 0 Å². The van der Waals surface area contributed by atoms with Gasteiger partial charge in [0.15, 0.2) is 0 Å². The summed E-state index contributed by atoms with van der Waals surface area (Å²) >= 11 is 0. The zero-order chi connectivity index (χ0) is 13.1. The van der Waals surface area contributed by atoms with Gasteiger partial charge in [0.25, 0.3) is 5.56 Å². The Morgan fingerprint density at radius 3 is 2.59 bits per heavy atom. The molecule has 96 valence electrons. The molecular formula is C11H14F3NO2. The molecule has 3 nitrogen and oxygen atoms in total. The first kappa shape index (κ1) is 13.8. The third-order valence-electron chi connectivity index (χ3n) is 2.34. The summed E-state index contributed by atoms with van der Waals surface area (Å²) in [5, 5.41) is 9.48. The van der Waals surface area contributed by atoms with Gasteiger partial charge in [-0.1, -0.05) is 13.3 Å². The summed E-state index contributed by atoms with van der Waals surface area (Å²) in [6.07, 6.45) is -3.40. The van der Waals surface area contributed by atoms with E-state index in [2.05, 4.69) is 0 Å². The second kappa shape index (κ2) is 5.35. The molecule has 0 aliphatic carbocycles. The fourth-order valence-corrected chi connectivity index (χ4v) is 1.49. The summed E-state index contributed by atoms with van der Waals surface area (Å²) in [6, 6.07) is 1.60. The number of pyridine rings is 1. The van der Waals surface area contributed by atoms with Crippen LogP contribution in [0.5, 0.6) is 0 Å². The number of halogens is 3. The molecule has 0 saturated heterocycles. The van der Waals surface area contributed by atoms with Crippen LogP contribution in [0, 0.1) is 0 Å². The smallest absolute Gasteiger partial charge is 0.391 e. The predicted molar refractivity (Wildman–Crippen MR) is 56.6 cm³/mol. The first-order valence-corrected chi connectivity index (χ1v) is 5.30. The van der Waals surface area contributed by atoms with Crippen LogP contribution >= 0.6 is 0 Å². The van der Waals surface area contributed by atoms with E-state index in [1.165, 1.54) is 0 Å². The number of rotatable bonds is 4. The minimum Gasteiger partial charge on any atom is -0.391 e. The van der Waals surface area contributed by atoms with E-state index in [4.69, 9.17) is 0 Å². The summed E-state index contributed by atoms with van der Waals surface area (Å²) in [6.45, 7) is 1.73. The lowest BCUT2D eigenvalue weighted by molar-refractivity contribution is -0.138. The second-order valence-electron chi connectivity index (χ2n) is 3.85. The van der Waals surface area contributed by atoms with Gasteiger partial charge in [0.1, 0.15) is 0 Å². The van der Waals surface area contributed by atoms with Crippen molar-refractivity contribution in [3.8, 4) is 0 Å². The molecule has 0 aliphatic heterocycles. The molecule has 0 spiro atoms. The molecule has 6 heteroatoms. The lowest BCUT2D eigenvalue weighted by atomic mass is 10.2. The highest BCUT2D eigenvalue weighted by Gasteiger charge is 2.31. The first-order valence-electron chi connectivity index (χ1n) is 5.30. The first-order chi connectivity index (χ1) is 7.84. The summed E-state index contributed by atoms with van der Waals surface area (Å²) in [4.78, 5) is 11.3. The van der Waals surface area contributed by atoms with Gasteiger partial charge in [0.05, 0.1) is 18.2 Å². The van der Waals surface area contributed by atoms with Crippen LogP contribution in [-0.4, -0.2) is 15.8 Å². The molecule has 0 bridgehead atoms. The molecule has 17 heavy (non-hydrogen) atoms. The Balaban J connectivity index is 2.95. The number of alkyl halides is 3. The zero-order valence-corrected chi connectivity index (χ0v) is 9.37. The van der Waals surface area contributed by atoms with Gasteiger partial charge < -0.3 is 9.67 Å². The third-order valence-corrected chi connectivity index (χ3v) is 2.34. The van der Waals surface area contributed by atoms with Crippen LogP contribution in [0.3, 0.4) is 0 Å². The number of hydrogen-bond donors (Lipinski definition) is 1. The Hall–Kier alpha value is -1.30. The Labute approximate surface area is 96.5 Å². The van der Waals surface area contributed by atoms with Crippen molar-refractivity contribution in [2.75, 3.05) is 0 Å². The van der Waals surface area contributed by atoms with Gasteiger partial charge in [-0.15, -0.1) is 0 Å². The minimum absolute atomic E-state index is 0.114. The summed E-state index contributed by atoms with van der Waals surface area (Å²) in [7, 11) is 0. The summed E-state index contributed by atoms with van der Waals surface area (Å²) in [5.41, 5.74) is -1.44. The highest BCUT2D eigenvalue weighted by Crippen LogP contribution is 2.28. The van der Waals surface area contributed by atoms with Crippen LogP contribution in [0.4, 0.5) is 13.2 Å². The van der Waals surface area contributed by atoms with Crippen molar-refractivity contribution in [2.24, 2.45) is 0 Å². The SMILES string of the molecule is CCCC(O)Cn1cc(C(F)(F)F)ccc1=O. The van der Waals surface area contributed by atoms with Crippen molar-refractivity contribution in [2.45, 2.75) is 38.6 Å². The molecule has 0 saturated carbocycles. The van der Waals surface area contributed by atoms with Crippen LogP contribution in [0.1, 0.15) is 25.3 Å². The van der Waals surface area contributed by atoms with Crippen molar-refractivity contribution in [3.05, 3.63) is 34.2 Å². The van der Waals surface area contributed by atoms with Gasteiger partial charge in [-0.25, -0.2) is 0 Å². The van der Waals surface area contributed by atoms with E-state index in [-0.39, 0.29) is 6.54 Å². The van der Waals surface area contributed by atoms with E-state index in [1.54, 1.807) is 0 Å². The second-order valence-corrected chi connectivity index (χ2v) is 3.85. The Bertz CT molecular complexity index is 425. The molecule has 1 N–H and O–H groups in total. The average molecular weight is 249 g/mol. The number of nitrogens with zero attached hydrogens (tertiary/aromatic N) is 1. The average Bonchev–Trinajstić information content (AvgIpc) is 2.20. The molecule has 1 atom stereocenters. The van der Waals surface area contributed by atoms with Crippen molar-refractivity contribution < 1.29 is 18.3 Å². The normalized spacial score (nSPS) is 13.7. The third kappa shape index (κ3) is 3.89. The number of aromatic nitrogens is 1. The van der Waals surface area contributed by atoms with Gasteiger partial charge >= 0.3 is 6.18 Å². The molecule has 1 rings (SSSR count). The van der Waals surface area contributed by atoms with E-state index in [0.29, 0.717) is 12.8 Å². The van der Waals surface area contributed by atoms with Crippen LogP contribution in [0.2, 0.25) is 0 Å². The van der Waals surface area contributed by atoms with Crippen LogP contribution in [0.25, 0.3) is 0 Å². The van der Waals surface area contributed by atoms with Crippen molar-refractivity contribution in [1.82, 2.24) is 4.57 Å². The molecule has 0 aliphatic rings. The summed E-state index contributed by atoms with van der Waals surface area (Å²) in [5.74, 6) is 0. The molecular weight excluding hydrogens is 235 g/mol. The lowest BCUT2D eigenvalue weighted by Gasteiger charge is -2.13. The fraction of sp³-hybridized carbons (Fsp3) is 0.545. The number of aliphatic hydroxyl groups excluding tert-OH is 1. The lowest BCUT2D eigenvalue weighted by Crippen LogP contribution is -2.27. The highest BCUT2D eigenvalue weighted by molar-refractivity contribution is 5.13. The maximum Gasteiger partial charge on any atom is 0.417 e. The number of aliphatic hydroxyl groups is 1. The Kier molecular flexibility index (Phi) is 4.34. The maximum atomic E-state index is 12.4. The minimum atomic E-state index is -4.48. The van der Waals surface area contributed by atoms with E-state index in [9.17, 15) is 23.1 Å². The largest absolute Gasteiger partial charge is 0.417 e. The Morgan fingerprint density at radius 1 is 1.41 bits per heavy atom. The van der Waals surface area contributed by atoms with Gasteiger partial charge in [-0.3, -0.25) is 4.79 Å². The van der Waals surface area contributed by atoms with Gasteiger partial charge in [0.2, 0.25) is 0 Å². The van der Waals surface area contributed by atoms with Gasteiger partial charge in [-0.2, -0.15) is 13.2 Å². The zero-order valence-electron chi connectivity index (χ0n) is 9.37. The topological polar surface area (TPSA) is 42.2 Å². The van der Waals surface area contributed by atoms with Crippen LogP contribution in [0.15, 0.2) is 23.1 Å². The molecule has 0 amide bonds. The molecule has 1 aromatic heterocycles. The predicted octanol–water partition coefficient (Wildman–Crippen LogP) is 2.03. The summed E-state index contributed by atoms with van der Waals surface area (Å²) < 4.78 is 38.1.